The topological polar surface area (TPSA) is 90.7 Å². The molecule has 68 valence electrons. The molecule has 1 aromatic rings. The van der Waals surface area contributed by atoms with Crippen LogP contribution in [0.2, 0.25) is 0 Å². The molecule has 13 heavy (non-hydrogen) atoms. The number of carbonyl (C=O) groups is 1. The van der Waals surface area contributed by atoms with Gasteiger partial charge in [-0.15, -0.1) is 0 Å². The number of carbonyl (C=O) groups excluding carboxylic acids is 1. The second-order valence-electron chi connectivity index (χ2n) is 2.57. The largest absolute Gasteiger partial charge is 0.506 e. The van der Waals surface area contributed by atoms with Crippen molar-refractivity contribution in [1.29, 1.82) is 0 Å². The Kier molecular flexibility index (Phi) is 2.65. The molecular weight excluding hydrogens is 173 g/mol. The van der Waals surface area contributed by atoms with Crippen LogP contribution < -0.4 is 5.46 Å². The highest BCUT2D eigenvalue weighted by Gasteiger charge is 2.15. The minimum Gasteiger partial charge on any atom is -0.506 e. The Bertz CT molecular complexity index is 339. The fourth-order valence-corrected chi connectivity index (χ4v) is 0.881. The van der Waals surface area contributed by atoms with E-state index >= 15 is 0 Å². The number of aromatic hydroxyl groups is 1. The summed E-state index contributed by atoms with van der Waals surface area (Å²) in [5.74, 6) is -0.727. The van der Waals surface area contributed by atoms with Gasteiger partial charge in [0.25, 0.3) is 0 Å². The van der Waals surface area contributed by atoms with Gasteiger partial charge in [0.05, 0.1) is 0 Å². The van der Waals surface area contributed by atoms with Crippen LogP contribution in [-0.2, 0) is 0 Å². The first kappa shape index (κ1) is 9.69. The molecule has 0 aliphatic rings. The van der Waals surface area contributed by atoms with Crippen LogP contribution in [0.4, 0.5) is 0 Å². The zero-order valence-electron chi connectivity index (χ0n) is 6.93. The second kappa shape index (κ2) is 3.55. The van der Waals surface area contributed by atoms with E-state index in [4.69, 9.17) is 10.0 Å². The molecule has 0 radical (unpaired) electrons. The highest BCUT2D eigenvalue weighted by atomic mass is 16.4. The number of ketones is 1. The van der Waals surface area contributed by atoms with Gasteiger partial charge in [0, 0.05) is 18.6 Å². The molecule has 0 aliphatic heterocycles. The minimum absolute atomic E-state index is 0.0440. The SMILES string of the molecule is CC(=O)c1ncc(B(O)O)cc1O. The average molecular weight is 181 g/mol. The van der Waals surface area contributed by atoms with Gasteiger partial charge < -0.3 is 15.2 Å². The monoisotopic (exact) mass is 181 g/mol. The molecule has 0 aromatic carbocycles. The minimum atomic E-state index is -1.69. The summed E-state index contributed by atoms with van der Waals surface area (Å²) < 4.78 is 0. The Morgan fingerprint density at radius 1 is 1.54 bits per heavy atom. The van der Waals surface area contributed by atoms with E-state index in [1.807, 2.05) is 0 Å². The lowest BCUT2D eigenvalue weighted by atomic mass is 9.81. The van der Waals surface area contributed by atoms with Gasteiger partial charge in [0.1, 0.15) is 11.4 Å². The summed E-state index contributed by atoms with van der Waals surface area (Å²) in [5, 5.41) is 26.6. The van der Waals surface area contributed by atoms with Crippen LogP contribution in [0.5, 0.6) is 5.75 Å². The summed E-state index contributed by atoms with van der Waals surface area (Å²) in [4.78, 5) is 14.4. The number of pyridine rings is 1. The van der Waals surface area contributed by atoms with Gasteiger partial charge in [0.2, 0.25) is 0 Å². The molecule has 0 atom stereocenters. The van der Waals surface area contributed by atoms with E-state index in [0.29, 0.717) is 0 Å². The Balaban J connectivity index is 3.13. The van der Waals surface area contributed by atoms with Crippen molar-refractivity contribution in [2.75, 3.05) is 0 Å². The van der Waals surface area contributed by atoms with Crippen LogP contribution in [-0.4, -0.2) is 33.0 Å². The summed E-state index contributed by atoms with van der Waals surface area (Å²) in [6.45, 7) is 1.26. The summed E-state index contributed by atoms with van der Waals surface area (Å²) in [7, 11) is -1.69. The smallest absolute Gasteiger partial charge is 0.490 e. The third-order valence-corrected chi connectivity index (χ3v) is 1.52. The molecule has 5 nitrogen and oxygen atoms in total. The normalized spacial score (nSPS) is 9.77. The molecule has 0 saturated heterocycles. The molecule has 3 N–H and O–H groups in total. The van der Waals surface area contributed by atoms with Crippen molar-refractivity contribution < 1.29 is 19.9 Å². The summed E-state index contributed by atoms with van der Waals surface area (Å²) in [5.41, 5.74) is -0.0353. The number of aromatic nitrogens is 1. The van der Waals surface area contributed by atoms with Gasteiger partial charge in [0.15, 0.2) is 5.78 Å². The van der Waals surface area contributed by atoms with Crippen molar-refractivity contribution in [3.05, 3.63) is 18.0 Å². The van der Waals surface area contributed by atoms with Crippen molar-refractivity contribution in [3.8, 4) is 5.75 Å². The molecule has 0 bridgehead atoms. The first-order chi connectivity index (χ1) is 6.02. The number of hydrogen-bond donors (Lipinski definition) is 3. The molecule has 6 heteroatoms. The second-order valence-corrected chi connectivity index (χ2v) is 2.57. The Labute approximate surface area is 74.8 Å². The van der Waals surface area contributed by atoms with Gasteiger partial charge in [-0.2, -0.15) is 0 Å². The quantitative estimate of drug-likeness (QED) is 0.388. The van der Waals surface area contributed by atoms with E-state index in [0.717, 1.165) is 12.3 Å². The van der Waals surface area contributed by atoms with E-state index in [9.17, 15) is 9.90 Å². The first-order valence-corrected chi connectivity index (χ1v) is 3.58. The van der Waals surface area contributed by atoms with Crippen molar-refractivity contribution in [1.82, 2.24) is 4.98 Å². The van der Waals surface area contributed by atoms with Crippen LogP contribution in [0.25, 0.3) is 0 Å². The lowest BCUT2D eigenvalue weighted by molar-refractivity contribution is 0.101. The molecule has 0 fully saturated rings. The zero-order valence-corrected chi connectivity index (χ0v) is 6.93. The first-order valence-electron chi connectivity index (χ1n) is 3.58. The molecule has 0 amide bonds. The predicted molar refractivity (Wildman–Crippen MR) is 45.7 cm³/mol. The molecule has 0 spiro atoms. The van der Waals surface area contributed by atoms with Gasteiger partial charge >= 0.3 is 7.12 Å². The van der Waals surface area contributed by atoms with Crippen LogP contribution in [0.3, 0.4) is 0 Å². The van der Waals surface area contributed by atoms with Crippen molar-refractivity contribution in [3.63, 3.8) is 0 Å². The predicted octanol–water partition coefficient (Wildman–Crippen LogP) is -1.33. The van der Waals surface area contributed by atoms with E-state index in [-0.39, 0.29) is 22.7 Å². The summed E-state index contributed by atoms with van der Waals surface area (Å²) in [6, 6.07) is 1.09. The van der Waals surface area contributed by atoms with Gasteiger partial charge in [-0.25, -0.2) is 4.98 Å². The standard InChI is InChI=1S/C7H8BNO4/c1-4(10)7-6(11)2-5(3-9-7)8(12)13/h2-3,11-13H,1H3. The summed E-state index contributed by atoms with van der Waals surface area (Å²) >= 11 is 0. The number of Topliss-reactive ketones (excluding diaryl/α,β-unsaturated/α-hetero) is 1. The maximum atomic E-state index is 10.8. The van der Waals surface area contributed by atoms with Crippen molar-refractivity contribution >= 4 is 18.4 Å². The Morgan fingerprint density at radius 2 is 2.15 bits per heavy atom. The molecule has 0 aliphatic carbocycles. The number of hydrogen-bond acceptors (Lipinski definition) is 5. The van der Waals surface area contributed by atoms with Crippen LogP contribution in [0, 0.1) is 0 Å². The van der Waals surface area contributed by atoms with E-state index in [2.05, 4.69) is 4.98 Å². The molecule has 0 saturated carbocycles. The Morgan fingerprint density at radius 3 is 2.54 bits per heavy atom. The van der Waals surface area contributed by atoms with Crippen LogP contribution in [0.15, 0.2) is 12.3 Å². The molecule has 1 rings (SSSR count). The average Bonchev–Trinajstić information content (AvgIpc) is 2.03. The van der Waals surface area contributed by atoms with Gasteiger partial charge in [-0.3, -0.25) is 4.79 Å². The maximum Gasteiger partial charge on any atom is 0.490 e. The van der Waals surface area contributed by atoms with Crippen LogP contribution in [0.1, 0.15) is 17.4 Å². The van der Waals surface area contributed by atoms with Gasteiger partial charge in [-0.1, -0.05) is 0 Å². The molecule has 1 aromatic heterocycles. The van der Waals surface area contributed by atoms with Gasteiger partial charge in [-0.05, 0) is 6.07 Å². The van der Waals surface area contributed by atoms with E-state index in [1.165, 1.54) is 6.92 Å². The molecular formula is C7H8BNO4. The Hall–Kier alpha value is -1.40. The van der Waals surface area contributed by atoms with E-state index in [1.54, 1.807) is 0 Å². The van der Waals surface area contributed by atoms with E-state index < -0.39 is 7.12 Å². The van der Waals surface area contributed by atoms with Crippen molar-refractivity contribution in [2.24, 2.45) is 0 Å². The lowest BCUT2D eigenvalue weighted by Crippen LogP contribution is -2.30. The highest BCUT2D eigenvalue weighted by molar-refractivity contribution is 6.58. The van der Waals surface area contributed by atoms with Crippen molar-refractivity contribution in [2.45, 2.75) is 6.92 Å². The maximum absolute atomic E-state index is 10.8. The summed E-state index contributed by atoms with van der Waals surface area (Å²) in [6.07, 6.45) is 1.13. The number of rotatable bonds is 2. The highest BCUT2D eigenvalue weighted by Crippen LogP contribution is 2.11. The fraction of sp³-hybridized carbons (Fsp3) is 0.143. The third-order valence-electron chi connectivity index (χ3n) is 1.52. The molecule has 0 unspecified atom stereocenters. The fourth-order valence-electron chi connectivity index (χ4n) is 0.881. The zero-order chi connectivity index (χ0) is 10.0. The lowest BCUT2D eigenvalue weighted by Gasteiger charge is -2.02. The van der Waals surface area contributed by atoms with Crippen LogP contribution >= 0.6 is 0 Å². The number of nitrogens with zero attached hydrogens (tertiary/aromatic N) is 1. The third kappa shape index (κ3) is 2.04. The molecule has 1 heterocycles.